The topological polar surface area (TPSA) is 87.7 Å². The van der Waals surface area contributed by atoms with Gasteiger partial charge in [-0.25, -0.2) is 8.42 Å². The number of aromatic nitrogens is 1. The van der Waals surface area contributed by atoms with E-state index in [1.165, 1.54) is 17.3 Å². The van der Waals surface area contributed by atoms with Gasteiger partial charge < -0.3 is 9.80 Å². The maximum atomic E-state index is 13.0. The molecule has 28 heavy (non-hydrogen) atoms. The molecule has 1 atom stereocenters. The lowest BCUT2D eigenvalue weighted by atomic mass is 10.1. The summed E-state index contributed by atoms with van der Waals surface area (Å²) in [4.78, 5) is 33.0. The van der Waals surface area contributed by atoms with Gasteiger partial charge in [0.05, 0.1) is 22.6 Å². The molecule has 1 saturated heterocycles. The molecule has 2 aliphatic rings. The van der Waals surface area contributed by atoms with Crippen molar-refractivity contribution >= 4 is 27.3 Å². The van der Waals surface area contributed by atoms with Crippen LogP contribution in [0, 0.1) is 0 Å². The first-order chi connectivity index (χ1) is 13.4. The highest BCUT2D eigenvalue weighted by atomic mass is 32.2. The zero-order chi connectivity index (χ0) is 19.9. The predicted molar refractivity (Wildman–Crippen MR) is 105 cm³/mol. The first kappa shape index (κ1) is 18.6. The average molecular weight is 399 g/mol. The van der Waals surface area contributed by atoms with Gasteiger partial charge in [-0.3, -0.25) is 14.6 Å². The number of amides is 2. The van der Waals surface area contributed by atoms with E-state index < -0.39 is 9.84 Å². The van der Waals surface area contributed by atoms with Crippen molar-refractivity contribution in [2.75, 3.05) is 30.0 Å². The van der Waals surface area contributed by atoms with Gasteiger partial charge in [0.15, 0.2) is 9.84 Å². The summed E-state index contributed by atoms with van der Waals surface area (Å²) in [5.74, 6) is -0.448. The standard InChI is InChI=1S/C20H21N3O4S/c1-22(17-7-9-28(26,27)13-17)19(24)15-10-16(12-21-11-15)20(25)23-8-6-14-4-2-3-5-18(14)23/h2-5,10-12,17H,6-9,13H2,1H3. The van der Waals surface area contributed by atoms with Gasteiger partial charge in [0.2, 0.25) is 0 Å². The highest BCUT2D eigenvalue weighted by Gasteiger charge is 2.33. The fraction of sp³-hybridized carbons (Fsp3) is 0.350. The van der Waals surface area contributed by atoms with Crippen LogP contribution in [0.15, 0.2) is 42.7 Å². The van der Waals surface area contributed by atoms with E-state index in [0.29, 0.717) is 18.5 Å². The van der Waals surface area contributed by atoms with Crippen molar-refractivity contribution in [1.29, 1.82) is 0 Å². The van der Waals surface area contributed by atoms with Gasteiger partial charge in [0, 0.05) is 37.7 Å². The lowest BCUT2D eigenvalue weighted by Crippen LogP contribution is -2.38. The van der Waals surface area contributed by atoms with Crippen molar-refractivity contribution in [3.05, 3.63) is 59.4 Å². The van der Waals surface area contributed by atoms with Crippen LogP contribution >= 0.6 is 0 Å². The fourth-order valence-corrected chi connectivity index (χ4v) is 5.60. The summed E-state index contributed by atoms with van der Waals surface area (Å²) in [6.45, 7) is 0.593. The van der Waals surface area contributed by atoms with E-state index in [4.69, 9.17) is 0 Å². The number of nitrogens with zero attached hydrogens (tertiary/aromatic N) is 3. The second-order valence-electron chi connectivity index (χ2n) is 7.27. The average Bonchev–Trinajstić information content (AvgIpc) is 3.29. The van der Waals surface area contributed by atoms with Crippen LogP contribution in [0.4, 0.5) is 5.69 Å². The Morgan fingerprint density at radius 2 is 1.93 bits per heavy atom. The summed E-state index contributed by atoms with van der Waals surface area (Å²) < 4.78 is 23.4. The highest BCUT2D eigenvalue weighted by molar-refractivity contribution is 7.91. The van der Waals surface area contributed by atoms with Crippen molar-refractivity contribution in [3.8, 4) is 0 Å². The number of benzene rings is 1. The third-order valence-electron chi connectivity index (χ3n) is 5.44. The van der Waals surface area contributed by atoms with Crippen LogP contribution in [0.3, 0.4) is 0 Å². The molecule has 1 aromatic carbocycles. The SMILES string of the molecule is CN(C(=O)c1cncc(C(=O)N2CCc3ccccc32)c1)C1CCS(=O)(=O)C1. The third kappa shape index (κ3) is 3.40. The normalized spacial score (nSPS) is 20.0. The zero-order valence-electron chi connectivity index (χ0n) is 15.5. The minimum atomic E-state index is -3.09. The quantitative estimate of drug-likeness (QED) is 0.781. The number of carbonyl (C=O) groups excluding carboxylic acids is 2. The van der Waals surface area contributed by atoms with Crippen LogP contribution in [0.25, 0.3) is 0 Å². The molecular weight excluding hydrogens is 378 g/mol. The molecule has 146 valence electrons. The van der Waals surface area contributed by atoms with Crippen molar-refractivity contribution < 1.29 is 18.0 Å². The Bertz CT molecular complexity index is 1050. The molecule has 0 saturated carbocycles. The van der Waals surface area contributed by atoms with Crippen molar-refractivity contribution in [1.82, 2.24) is 9.88 Å². The number of sulfone groups is 1. The van der Waals surface area contributed by atoms with Crippen LogP contribution < -0.4 is 4.90 Å². The summed E-state index contributed by atoms with van der Waals surface area (Å²) in [6, 6.07) is 8.96. The van der Waals surface area contributed by atoms with Crippen LogP contribution in [-0.2, 0) is 16.3 Å². The lowest BCUT2D eigenvalue weighted by Gasteiger charge is -2.23. The van der Waals surface area contributed by atoms with Gasteiger partial charge >= 0.3 is 0 Å². The van der Waals surface area contributed by atoms with E-state index in [1.54, 1.807) is 18.0 Å². The van der Waals surface area contributed by atoms with Crippen molar-refractivity contribution in [2.45, 2.75) is 18.9 Å². The van der Waals surface area contributed by atoms with Crippen LogP contribution in [-0.4, -0.2) is 61.3 Å². The largest absolute Gasteiger partial charge is 0.338 e. The smallest absolute Gasteiger partial charge is 0.259 e. The number of rotatable bonds is 3. The number of carbonyl (C=O) groups is 2. The first-order valence-corrected chi connectivity index (χ1v) is 11.0. The molecule has 1 unspecified atom stereocenters. The van der Waals surface area contributed by atoms with E-state index in [0.717, 1.165) is 17.7 Å². The summed E-state index contributed by atoms with van der Waals surface area (Å²) in [5.41, 5.74) is 2.64. The number of hydrogen-bond acceptors (Lipinski definition) is 5. The minimum absolute atomic E-state index is 0.0220. The Labute approximate surface area is 163 Å². The number of fused-ring (bicyclic) bond motifs is 1. The maximum absolute atomic E-state index is 13.0. The summed E-state index contributed by atoms with van der Waals surface area (Å²) in [5, 5.41) is 0. The van der Waals surface area contributed by atoms with Gasteiger partial charge in [-0.1, -0.05) is 18.2 Å². The predicted octanol–water partition coefficient (Wildman–Crippen LogP) is 1.54. The molecule has 1 fully saturated rings. The lowest BCUT2D eigenvalue weighted by molar-refractivity contribution is 0.0747. The van der Waals surface area contributed by atoms with E-state index in [-0.39, 0.29) is 34.9 Å². The van der Waals surface area contributed by atoms with Crippen LogP contribution in [0.1, 0.15) is 32.7 Å². The summed E-state index contributed by atoms with van der Waals surface area (Å²) in [6.07, 6.45) is 4.10. The van der Waals surface area contributed by atoms with Gasteiger partial charge in [0.1, 0.15) is 0 Å². The fourth-order valence-electron chi connectivity index (χ4n) is 3.83. The number of anilines is 1. The Hall–Kier alpha value is -2.74. The Balaban J connectivity index is 1.55. The zero-order valence-corrected chi connectivity index (χ0v) is 16.4. The van der Waals surface area contributed by atoms with E-state index >= 15 is 0 Å². The number of hydrogen-bond donors (Lipinski definition) is 0. The molecule has 2 amide bonds. The molecule has 1 aromatic heterocycles. The second-order valence-corrected chi connectivity index (χ2v) is 9.50. The van der Waals surface area contributed by atoms with E-state index in [2.05, 4.69) is 4.98 Å². The van der Waals surface area contributed by atoms with Gasteiger partial charge in [-0.15, -0.1) is 0 Å². The van der Waals surface area contributed by atoms with Gasteiger partial charge in [-0.05, 0) is 30.5 Å². The molecule has 7 nitrogen and oxygen atoms in total. The molecule has 8 heteroatoms. The minimum Gasteiger partial charge on any atom is -0.338 e. The summed E-state index contributed by atoms with van der Waals surface area (Å²) >= 11 is 0. The molecule has 4 rings (SSSR count). The molecule has 2 aliphatic heterocycles. The second kappa shape index (κ2) is 7.01. The monoisotopic (exact) mass is 399 g/mol. The molecule has 0 radical (unpaired) electrons. The number of para-hydroxylation sites is 1. The van der Waals surface area contributed by atoms with Gasteiger partial charge in [0.25, 0.3) is 11.8 Å². The highest BCUT2D eigenvalue weighted by Crippen LogP contribution is 2.29. The Morgan fingerprint density at radius 3 is 2.68 bits per heavy atom. The maximum Gasteiger partial charge on any atom is 0.259 e. The molecule has 0 bridgehead atoms. The third-order valence-corrected chi connectivity index (χ3v) is 7.19. The Kier molecular flexibility index (Phi) is 4.66. The molecule has 0 N–H and O–H groups in total. The van der Waals surface area contributed by atoms with Gasteiger partial charge in [-0.2, -0.15) is 0 Å². The summed E-state index contributed by atoms with van der Waals surface area (Å²) in [7, 11) is -1.49. The Morgan fingerprint density at radius 1 is 1.18 bits per heavy atom. The van der Waals surface area contributed by atoms with Crippen molar-refractivity contribution in [3.63, 3.8) is 0 Å². The van der Waals surface area contributed by atoms with E-state index in [9.17, 15) is 18.0 Å². The first-order valence-electron chi connectivity index (χ1n) is 9.18. The van der Waals surface area contributed by atoms with Crippen LogP contribution in [0.5, 0.6) is 0 Å². The molecule has 2 aromatic rings. The van der Waals surface area contributed by atoms with Crippen molar-refractivity contribution in [2.24, 2.45) is 0 Å². The van der Waals surface area contributed by atoms with Crippen LogP contribution in [0.2, 0.25) is 0 Å². The molecule has 3 heterocycles. The molecular formula is C20H21N3O4S. The van der Waals surface area contributed by atoms with E-state index in [1.807, 2.05) is 24.3 Å². The number of pyridine rings is 1. The molecule has 0 spiro atoms. The molecule has 0 aliphatic carbocycles.